The van der Waals surface area contributed by atoms with Crippen molar-refractivity contribution in [1.82, 2.24) is 10.2 Å². The van der Waals surface area contributed by atoms with Gasteiger partial charge < -0.3 is 10.1 Å². The van der Waals surface area contributed by atoms with Crippen LogP contribution in [0, 0.1) is 0 Å². The Labute approximate surface area is 61.3 Å². The van der Waals surface area contributed by atoms with Gasteiger partial charge in [-0.1, -0.05) is 0 Å². The van der Waals surface area contributed by atoms with E-state index in [4.69, 9.17) is 4.74 Å². The van der Waals surface area contributed by atoms with Crippen LogP contribution in [0.5, 0.6) is 0 Å². The average molecular weight is 142 g/mol. The van der Waals surface area contributed by atoms with E-state index in [-0.39, 0.29) is 0 Å². The molecule has 2 aliphatic heterocycles. The summed E-state index contributed by atoms with van der Waals surface area (Å²) in [6.45, 7) is 3.37. The summed E-state index contributed by atoms with van der Waals surface area (Å²) in [5.41, 5.74) is 0. The molecule has 3 atom stereocenters. The topological polar surface area (TPSA) is 24.3 Å². The predicted molar refractivity (Wildman–Crippen MR) is 38.8 cm³/mol. The number of rotatable bonds is 3. The predicted octanol–water partition coefficient (Wildman–Crippen LogP) is -0.364. The summed E-state index contributed by atoms with van der Waals surface area (Å²) in [5, 5.41) is 3.44. The zero-order valence-corrected chi connectivity index (χ0v) is 6.34. The molecule has 0 saturated carbocycles. The smallest absolute Gasteiger partial charge is 0.0623 e. The van der Waals surface area contributed by atoms with Gasteiger partial charge in [0.2, 0.25) is 0 Å². The van der Waals surface area contributed by atoms with E-state index in [2.05, 4.69) is 10.2 Å². The van der Waals surface area contributed by atoms with Gasteiger partial charge in [-0.25, -0.2) is 0 Å². The first-order chi connectivity index (χ1) is 4.92. The highest BCUT2D eigenvalue weighted by atomic mass is 16.5. The molecule has 2 aliphatic rings. The van der Waals surface area contributed by atoms with E-state index in [9.17, 15) is 0 Å². The minimum absolute atomic E-state index is 0.616. The van der Waals surface area contributed by atoms with E-state index in [1.165, 1.54) is 13.1 Å². The van der Waals surface area contributed by atoms with Crippen molar-refractivity contribution in [3.05, 3.63) is 0 Å². The summed E-state index contributed by atoms with van der Waals surface area (Å²) >= 11 is 0. The molecular formula is C7H14N2O. The van der Waals surface area contributed by atoms with Crippen molar-refractivity contribution in [3.8, 4) is 0 Å². The summed E-state index contributed by atoms with van der Waals surface area (Å²) in [4.78, 5) is 2.49. The van der Waals surface area contributed by atoms with Crippen LogP contribution in [0.2, 0.25) is 0 Å². The Balaban J connectivity index is 1.72. The number of fused-ring (bicyclic) bond motifs is 1. The largest absolute Gasteiger partial charge is 0.385 e. The number of nitrogens with one attached hydrogen (secondary N) is 1. The summed E-state index contributed by atoms with van der Waals surface area (Å²) in [5.74, 6) is 0. The highest BCUT2D eigenvalue weighted by molar-refractivity contribution is 5.00. The Kier molecular flexibility index (Phi) is 1.64. The van der Waals surface area contributed by atoms with Crippen molar-refractivity contribution in [2.75, 3.05) is 26.8 Å². The van der Waals surface area contributed by atoms with Gasteiger partial charge in [-0.3, -0.25) is 4.90 Å². The van der Waals surface area contributed by atoms with Gasteiger partial charge >= 0.3 is 0 Å². The number of methoxy groups -OCH3 is 1. The molecule has 0 aromatic rings. The van der Waals surface area contributed by atoms with Crippen molar-refractivity contribution in [1.29, 1.82) is 0 Å². The number of nitrogens with zero attached hydrogens (tertiary/aromatic N) is 1. The number of ether oxygens (including phenoxy) is 1. The summed E-state index contributed by atoms with van der Waals surface area (Å²) in [6.07, 6.45) is 1.75. The lowest BCUT2D eigenvalue weighted by atomic mass is 10.3. The fraction of sp³-hybridized carbons (Fsp3) is 1.00. The van der Waals surface area contributed by atoms with Crippen LogP contribution >= 0.6 is 0 Å². The van der Waals surface area contributed by atoms with Crippen LogP contribution in [0.25, 0.3) is 0 Å². The van der Waals surface area contributed by atoms with Gasteiger partial charge in [0.05, 0.1) is 6.17 Å². The maximum atomic E-state index is 5.00. The van der Waals surface area contributed by atoms with Gasteiger partial charge in [0.15, 0.2) is 0 Å². The van der Waals surface area contributed by atoms with Crippen molar-refractivity contribution < 1.29 is 4.74 Å². The van der Waals surface area contributed by atoms with E-state index < -0.39 is 0 Å². The Morgan fingerprint density at radius 2 is 2.60 bits per heavy atom. The van der Waals surface area contributed by atoms with Crippen LogP contribution in [-0.2, 0) is 4.74 Å². The minimum atomic E-state index is 0.616. The molecule has 2 fully saturated rings. The molecule has 0 radical (unpaired) electrons. The zero-order chi connectivity index (χ0) is 6.97. The monoisotopic (exact) mass is 142 g/mol. The van der Waals surface area contributed by atoms with Crippen LogP contribution in [0.4, 0.5) is 0 Å². The summed E-state index contributed by atoms with van der Waals surface area (Å²) in [6, 6.07) is 0.863. The van der Waals surface area contributed by atoms with Gasteiger partial charge in [-0.05, 0) is 6.42 Å². The zero-order valence-electron chi connectivity index (χ0n) is 6.34. The van der Waals surface area contributed by atoms with Gasteiger partial charge in [-0.2, -0.15) is 0 Å². The van der Waals surface area contributed by atoms with Crippen LogP contribution in [0.1, 0.15) is 6.42 Å². The SMILES string of the molecule is COCCC1NCC2CN21. The van der Waals surface area contributed by atoms with E-state index in [0.29, 0.717) is 6.17 Å². The first-order valence-corrected chi connectivity index (χ1v) is 3.90. The molecule has 0 amide bonds. The van der Waals surface area contributed by atoms with E-state index in [1.54, 1.807) is 7.11 Å². The van der Waals surface area contributed by atoms with Crippen LogP contribution < -0.4 is 5.32 Å². The maximum Gasteiger partial charge on any atom is 0.0623 e. The lowest BCUT2D eigenvalue weighted by Crippen LogP contribution is -2.31. The van der Waals surface area contributed by atoms with Crippen LogP contribution in [0.3, 0.4) is 0 Å². The van der Waals surface area contributed by atoms with Gasteiger partial charge in [0, 0.05) is 32.8 Å². The van der Waals surface area contributed by atoms with Crippen molar-refractivity contribution in [2.45, 2.75) is 18.6 Å². The van der Waals surface area contributed by atoms with Crippen molar-refractivity contribution in [2.24, 2.45) is 0 Å². The van der Waals surface area contributed by atoms with Crippen molar-refractivity contribution in [3.63, 3.8) is 0 Å². The Morgan fingerprint density at radius 1 is 1.70 bits per heavy atom. The molecule has 3 nitrogen and oxygen atoms in total. The third-order valence-corrected chi connectivity index (χ3v) is 2.34. The van der Waals surface area contributed by atoms with E-state index in [1.807, 2.05) is 0 Å². The van der Waals surface area contributed by atoms with Crippen LogP contribution in [-0.4, -0.2) is 43.9 Å². The second-order valence-electron chi connectivity index (χ2n) is 3.06. The average Bonchev–Trinajstić information content (AvgIpc) is 2.63. The number of hydrogen-bond donors (Lipinski definition) is 1. The first-order valence-electron chi connectivity index (χ1n) is 3.90. The normalized spacial score (nSPS) is 43.5. The molecule has 0 aliphatic carbocycles. The minimum Gasteiger partial charge on any atom is -0.385 e. The second kappa shape index (κ2) is 2.49. The molecule has 0 bridgehead atoms. The van der Waals surface area contributed by atoms with E-state index >= 15 is 0 Å². The maximum absolute atomic E-state index is 5.00. The number of hydrogen-bond acceptors (Lipinski definition) is 3. The fourth-order valence-electron chi connectivity index (χ4n) is 1.65. The molecule has 1 N–H and O–H groups in total. The molecule has 0 aromatic carbocycles. The molecule has 3 unspecified atom stereocenters. The first kappa shape index (κ1) is 6.58. The Bertz CT molecular complexity index is 129. The van der Waals surface area contributed by atoms with Gasteiger partial charge in [0.1, 0.15) is 0 Å². The lowest BCUT2D eigenvalue weighted by molar-refractivity contribution is 0.170. The molecular weight excluding hydrogens is 128 g/mol. The summed E-state index contributed by atoms with van der Waals surface area (Å²) < 4.78 is 5.00. The molecule has 0 spiro atoms. The third kappa shape index (κ3) is 1.05. The molecule has 58 valence electrons. The Hall–Kier alpha value is -0.120. The standard InChI is InChI=1S/C7H14N2O/c1-10-3-2-7-8-4-6-5-9(6)7/h6-8H,2-5H2,1H3. The summed E-state index contributed by atoms with van der Waals surface area (Å²) in [7, 11) is 1.76. The quantitative estimate of drug-likeness (QED) is 0.544. The fourth-order valence-corrected chi connectivity index (χ4v) is 1.65. The molecule has 10 heavy (non-hydrogen) atoms. The molecule has 2 rings (SSSR count). The molecule has 2 saturated heterocycles. The highest BCUT2D eigenvalue weighted by Crippen LogP contribution is 2.26. The Morgan fingerprint density at radius 3 is 3.10 bits per heavy atom. The molecule has 3 heteroatoms. The van der Waals surface area contributed by atoms with Crippen LogP contribution in [0.15, 0.2) is 0 Å². The second-order valence-corrected chi connectivity index (χ2v) is 3.06. The lowest BCUT2D eigenvalue weighted by Gasteiger charge is -2.12. The van der Waals surface area contributed by atoms with Gasteiger partial charge in [-0.15, -0.1) is 0 Å². The molecule has 0 aromatic heterocycles. The van der Waals surface area contributed by atoms with E-state index in [0.717, 1.165) is 19.1 Å². The molecule has 2 heterocycles. The van der Waals surface area contributed by atoms with Gasteiger partial charge in [0.25, 0.3) is 0 Å². The third-order valence-electron chi connectivity index (χ3n) is 2.34. The van der Waals surface area contributed by atoms with Crippen molar-refractivity contribution >= 4 is 0 Å². The highest BCUT2D eigenvalue weighted by Gasteiger charge is 2.44.